The molecule has 6 nitrogen and oxygen atoms in total. The average molecular weight is 390 g/mol. The van der Waals surface area contributed by atoms with Gasteiger partial charge in [0.2, 0.25) is 5.91 Å². The predicted octanol–water partition coefficient (Wildman–Crippen LogP) is 3.21. The number of rotatable bonds is 3. The molecule has 0 radical (unpaired) electrons. The number of aromatic nitrogens is 1. The average Bonchev–Trinajstić information content (AvgIpc) is 2.75. The number of fused-ring (bicyclic) bond motifs is 3. The van der Waals surface area contributed by atoms with Crippen molar-refractivity contribution in [2.45, 2.75) is 25.7 Å². The van der Waals surface area contributed by atoms with E-state index in [1.165, 1.54) is 5.56 Å². The van der Waals surface area contributed by atoms with Crippen LogP contribution in [0.15, 0.2) is 47.3 Å². The van der Waals surface area contributed by atoms with Crippen LogP contribution in [0, 0.1) is 0 Å². The summed E-state index contributed by atoms with van der Waals surface area (Å²) in [5, 5.41) is 0.875. The van der Waals surface area contributed by atoms with E-state index in [1.54, 1.807) is 6.07 Å². The van der Waals surface area contributed by atoms with Crippen molar-refractivity contribution in [3.8, 4) is 11.5 Å². The molecule has 0 fully saturated rings. The maximum Gasteiger partial charge on any atom is 0.251 e. The molecule has 0 saturated carbocycles. The lowest BCUT2D eigenvalue weighted by Crippen LogP contribution is -2.35. The number of para-hydroxylation sites is 1. The van der Waals surface area contributed by atoms with Gasteiger partial charge in [0.15, 0.2) is 11.5 Å². The second kappa shape index (κ2) is 7.28. The Morgan fingerprint density at radius 2 is 1.86 bits per heavy atom. The Kier molecular flexibility index (Phi) is 4.46. The third-order valence-electron chi connectivity index (χ3n) is 5.60. The number of anilines is 1. The molecule has 29 heavy (non-hydrogen) atoms. The number of nitrogens with zero attached hydrogens (tertiary/aromatic N) is 1. The molecule has 3 aromatic rings. The molecule has 1 aromatic heterocycles. The molecular weight excluding hydrogens is 368 g/mol. The van der Waals surface area contributed by atoms with Crippen LogP contribution in [0.5, 0.6) is 11.5 Å². The second-order valence-corrected chi connectivity index (χ2v) is 7.48. The minimum atomic E-state index is -0.166. The van der Waals surface area contributed by atoms with E-state index in [1.807, 2.05) is 35.2 Å². The fourth-order valence-corrected chi connectivity index (χ4v) is 4.14. The summed E-state index contributed by atoms with van der Waals surface area (Å²) < 4.78 is 11.2. The maximum absolute atomic E-state index is 12.9. The van der Waals surface area contributed by atoms with Crippen molar-refractivity contribution >= 4 is 22.5 Å². The van der Waals surface area contributed by atoms with E-state index in [0.717, 1.165) is 30.5 Å². The van der Waals surface area contributed by atoms with Crippen molar-refractivity contribution in [1.29, 1.82) is 0 Å². The quantitative estimate of drug-likeness (QED) is 0.745. The number of nitrogens with one attached hydrogen (secondary N) is 1. The lowest BCUT2D eigenvalue weighted by molar-refractivity contribution is -0.118. The third kappa shape index (κ3) is 3.35. The highest BCUT2D eigenvalue weighted by molar-refractivity contribution is 5.94. The molecule has 3 heterocycles. The Hall–Kier alpha value is -3.28. The first-order chi connectivity index (χ1) is 14.2. The lowest BCUT2D eigenvalue weighted by Gasteiger charge is -2.29. The lowest BCUT2D eigenvalue weighted by atomic mass is 10.0. The van der Waals surface area contributed by atoms with E-state index >= 15 is 0 Å². The van der Waals surface area contributed by atoms with E-state index in [2.05, 4.69) is 11.1 Å². The summed E-state index contributed by atoms with van der Waals surface area (Å²) in [7, 11) is 0. The van der Waals surface area contributed by atoms with Crippen molar-refractivity contribution in [3.05, 3.63) is 63.9 Å². The predicted molar refractivity (Wildman–Crippen MR) is 111 cm³/mol. The number of aromatic amines is 1. The Labute approximate surface area is 168 Å². The molecule has 0 spiro atoms. The van der Waals surface area contributed by atoms with Crippen LogP contribution >= 0.6 is 0 Å². The minimum absolute atomic E-state index is 0.0545. The summed E-state index contributed by atoms with van der Waals surface area (Å²) >= 11 is 0. The van der Waals surface area contributed by atoms with Crippen LogP contribution in [0.2, 0.25) is 0 Å². The highest BCUT2D eigenvalue weighted by Gasteiger charge is 2.22. The van der Waals surface area contributed by atoms with Gasteiger partial charge in [0.25, 0.3) is 5.56 Å². The summed E-state index contributed by atoms with van der Waals surface area (Å²) in [6.07, 6.45) is 2.66. The van der Waals surface area contributed by atoms with Gasteiger partial charge in [-0.25, -0.2) is 0 Å². The summed E-state index contributed by atoms with van der Waals surface area (Å²) in [5.74, 6) is 1.38. The van der Waals surface area contributed by atoms with E-state index < -0.39 is 0 Å². The van der Waals surface area contributed by atoms with Gasteiger partial charge in [-0.15, -0.1) is 0 Å². The van der Waals surface area contributed by atoms with E-state index in [4.69, 9.17) is 9.47 Å². The number of hydrogen-bond donors (Lipinski definition) is 1. The van der Waals surface area contributed by atoms with Gasteiger partial charge in [-0.2, -0.15) is 0 Å². The standard InChI is InChI=1S/C23H22N2O4/c26-22(25-9-3-5-15-4-1-2-6-19(15)25)8-7-16-12-17-13-20-21(29-11-10-28-20)14-18(17)24-23(16)27/h1-2,4,6,12-14H,3,5,7-11H2,(H,24,27). The van der Waals surface area contributed by atoms with Crippen LogP contribution in [0.25, 0.3) is 10.9 Å². The summed E-state index contributed by atoms with van der Waals surface area (Å²) in [5.41, 5.74) is 3.36. The highest BCUT2D eigenvalue weighted by Crippen LogP contribution is 2.34. The van der Waals surface area contributed by atoms with Crippen LogP contribution in [-0.2, 0) is 17.6 Å². The largest absolute Gasteiger partial charge is 0.486 e. The molecular formula is C23H22N2O4. The van der Waals surface area contributed by atoms with Gasteiger partial charge in [0, 0.05) is 35.7 Å². The monoisotopic (exact) mass is 390 g/mol. The van der Waals surface area contributed by atoms with Crippen LogP contribution in [0.3, 0.4) is 0 Å². The molecule has 0 atom stereocenters. The SMILES string of the molecule is O=C(CCc1cc2cc3c(cc2[nH]c1=O)OCCO3)N1CCCc2ccccc21. The zero-order valence-corrected chi connectivity index (χ0v) is 16.1. The van der Waals surface area contributed by atoms with Crippen molar-refractivity contribution in [3.63, 3.8) is 0 Å². The van der Waals surface area contributed by atoms with Gasteiger partial charge in [0.05, 0.1) is 5.52 Å². The molecule has 0 saturated heterocycles. The zero-order valence-electron chi connectivity index (χ0n) is 16.1. The Morgan fingerprint density at radius 3 is 2.72 bits per heavy atom. The fourth-order valence-electron chi connectivity index (χ4n) is 4.14. The van der Waals surface area contributed by atoms with Gasteiger partial charge in [0.1, 0.15) is 13.2 Å². The number of ether oxygens (including phenoxy) is 2. The summed E-state index contributed by atoms with van der Waals surface area (Å²) in [6, 6.07) is 13.6. The molecule has 5 rings (SSSR count). The van der Waals surface area contributed by atoms with Crippen LogP contribution < -0.4 is 19.9 Å². The first-order valence-electron chi connectivity index (χ1n) is 10.0. The Morgan fingerprint density at radius 1 is 1.07 bits per heavy atom. The van der Waals surface area contributed by atoms with E-state index in [-0.39, 0.29) is 11.5 Å². The van der Waals surface area contributed by atoms with Crippen LogP contribution in [0.1, 0.15) is 24.0 Å². The maximum atomic E-state index is 12.9. The third-order valence-corrected chi connectivity index (χ3v) is 5.60. The van der Waals surface area contributed by atoms with Gasteiger partial charge < -0.3 is 19.4 Å². The highest BCUT2D eigenvalue weighted by atomic mass is 16.6. The molecule has 148 valence electrons. The first kappa shape index (κ1) is 17.8. The van der Waals surface area contributed by atoms with Crippen molar-refractivity contribution in [2.24, 2.45) is 0 Å². The number of carbonyl (C=O) groups excluding carboxylic acids is 1. The van der Waals surface area contributed by atoms with Gasteiger partial charge in [-0.3, -0.25) is 9.59 Å². The van der Waals surface area contributed by atoms with E-state index in [0.29, 0.717) is 48.6 Å². The zero-order chi connectivity index (χ0) is 19.8. The number of aryl methyl sites for hydroxylation is 2. The number of pyridine rings is 1. The first-order valence-corrected chi connectivity index (χ1v) is 10.0. The van der Waals surface area contributed by atoms with Crippen molar-refractivity contribution < 1.29 is 14.3 Å². The fraction of sp³-hybridized carbons (Fsp3) is 0.304. The minimum Gasteiger partial charge on any atom is -0.486 e. The topological polar surface area (TPSA) is 71.6 Å². The number of benzene rings is 2. The Bertz CT molecular complexity index is 1150. The van der Waals surface area contributed by atoms with Crippen molar-refractivity contribution in [2.75, 3.05) is 24.7 Å². The van der Waals surface area contributed by atoms with Gasteiger partial charge >= 0.3 is 0 Å². The Balaban J connectivity index is 1.37. The number of hydrogen-bond acceptors (Lipinski definition) is 4. The number of amides is 1. The van der Waals surface area contributed by atoms with Crippen LogP contribution in [-0.4, -0.2) is 30.6 Å². The molecule has 0 unspecified atom stereocenters. The van der Waals surface area contributed by atoms with E-state index in [9.17, 15) is 9.59 Å². The molecule has 0 bridgehead atoms. The molecule has 6 heteroatoms. The molecule has 2 aliphatic rings. The molecule has 1 amide bonds. The van der Waals surface area contributed by atoms with Crippen LogP contribution in [0.4, 0.5) is 5.69 Å². The van der Waals surface area contributed by atoms with Gasteiger partial charge in [-0.1, -0.05) is 18.2 Å². The number of carbonyl (C=O) groups is 1. The van der Waals surface area contributed by atoms with Gasteiger partial charge in [-0.05, 0) is 43.0 Å². The molecule has 2 aliphatic heterocycles. The normalized spacial score (nSPS) is 15.2. The smallest absolute Gasteiger partial charge is 0.251 e. The summed E-state index contributed by atoms with van der Waals surface area (Å²) in [4.78, 5) is 30.2. The van der Waals surface area contributed by atoms with Crippen molar-refractivity contribution in [1.82, 2.24) is 4.98 Å². The second-order valence-electron chi connectivity index (χ2n) is 7.48. The molecule has 0 aliphatic carbocycles. The molecule has 1 N–H and O–H groups in total. The number of H-pyrrole nitrogens is 1. The molecule has 2 aromatic carbocycles. The summed E-state index contributed by atoms with van der Waals surface area (Å²) in [6.45, 7) is 1.75.